The van der Waals surface area contributed by atoms with E-state index in [9.17, 15) is 4.79 Å². The lowest BCUT2D eigenvalue weighted by Gasteiger charge is -2.00. The number of nitrogens with zero attached hydrogens (tertiary/aromatic N) is 4. The molecule has 1 heterocycles. The molecule has 1 amide bonds. The molecule has 1 aromatic carbocycles. The third-order valence-electron chi connectivity index (χ3n) is 2.29. The minimum Gasteiger partial charge on any atom is -0.465 e. The minimum absolute atomic E-state index is 0.122. The van der Waals surface area contributed by atoms with Crippen molar-refractivity contribution in [3.05, 3.63) is 44.1 Å². The number of nitrogens with one attached hydrogen (secondary N) is 1. The predicted molar refractivity (Wildman–Crippen MR) is 79.7 cm³/mol. The maximum absolute atomic E-state index is 10.7. The average molecular weight is 354 g/mol. The predicted octanol–water partition coefficient (Wildman–Crippen LogP) is 4.47. The maximum atomic E-state index is 10.7. The van der Waals surface area contributed by atoms with Crippen LogP contribution in [-0.4, -0.2) is 16.2 Å². The van der Waals surface area contributed by atoms with Crippen LogP contribution in [0.5, 0.6) is 0 Å². The van der Waals surface area contributed by atoms with Gasteiger partial charge in [0.25, 0.3) is 0 Å². The van der Waals surface area contributed by atoms with Gasteiger partial charge in [0.15, 0.2) is 5.13 Å². The quantitative estimate of drug-likeness (QED) is 0.480. The van der Waals surface area contributed by atoms with Crippen LogP contribution in [0.4, 0.5) is 9.93 Å². The summed E-state index contributed by atoms with van der Waals surface area (Å²) in [5.74, 6) is 0. The first-order valence-corrected chi connectivity index (χ1v) is 6.97. The topological polar surface area (TPSA) is 111 Å². The highest BCUT2D eigenvalue weighted by Gasteiger charge is 2.14. The lowest BCUT2D eigenvalue weighted by Crippen LogP contribution is -2.06. The molecule has 0 saturated heterocycles. The molecule has 0 spiro atoms. The summed E-state index contributed by atoms with van der Waals surface area (Å²) in [7, 11) is 0. The van der Waals surface area contributed by atoms with Gasteiger partial charge in [-0.15, -0.1) is 11.3 Å². The summed E-state index contributed by atoms with van der Waals surface area (Å²) in [4.78, 5) is 18.3. The first kappa shape index (κ1) is 14.3. The molecule has 0 saturated carbocycles. The van der Waals surface area contributed by atoms with Crippen molar-refractivity contribution in [2.45, 2.75) is 6.54 Å². The molecular formula is C11H8BrN5O2S. The number of benzene rings is 1. The van der Waals surface area contributed by atoms with Crippen molar-refractivity contribution >= 4 is 38.5 Å². The number of rotatable bonds is 4. The summed E-state index contributed by atoms with van der Waals surface area (Å²) < 4.78 is 0.880. The van der Waals surface area contributed by atoms with Crippen molar-refractivity contribution in [1.29, 1.82) is 0 Å². The lowest BCUT2D eigenvalue weighted by atomic mass is 10.1. The van der Waals surface area contributed by atoms with Crippen molar-refractivity contribution in [3.63, 3.8) is 0 Å². The zero-order valence-corrected chi connectivity index (χ0v) is 12.3. The summed E-state index contributed by atoms with van der Waals surface area (Å²) in [6, 6.07) is 7.43. The molecule has 20 heavy (non-hydrogen) atoms. The van der Waals surface area contributed by atoms with E-state index in [1.165, 1.54) is 0 Å². The maximum Gasteiger partial charge on any atom is 0.410 e. The normalized spacial score (nSPS) is 9.85. The summed E-state index contributed by atoms with van der Waals surface area (Å²) in [6.07, 6.45) is -1.19. The van der Waals surface area contributed by atoms with Crippen LogP contribution in [0.25, 0.3) is 21.7 Å². The Bertz CT molecular complexity index is 696. The Morgan fingerprint density at radius 1 is 1.60 bits per heavy atom. The van der Waals surface area contributed by atoms with Gasteiger partial charge in [-0.05, 0) is 17.7 Å². The van der Waals surface area contributed by atoms with Gasteiger partial charge in [0, 0.05) is 19.8 Å². The first-order valence-electron chi connectivity index (χ1n) is 5.36. The average Bonchev–Trinajstić information content (AvgIpc) is 2.78. The Morgan fingerprint density at radius 2 is 2.40 bits per heavy atom. The fourth-order valence-electron chi connectivity index (χ4n) is 1.56. The highest BCUT2D eigenvalue weighted by molar-refractivity contribution is 9.10. The Hall–Kier alpha value is -2.09. The number of aromatic nitrogens is 1. The molecule has 102 valence electrons. The van der Waals surface area contributed by atoms with Crippen LogP contribution in [0, 0.1) is 0 Å². The number of hydrogen-bond donors (Lipinski definition) is 2. The zero-order chi connectivity index (χ0) is 14.5. The molecule has 9 heteroatoms. The van der Waals surface area contributed by atoms with E-state index in [1.807, 2.05) is 24.3 Å². The number of azide groups is 1. The van der Waals surface area contributed by atoms with Crippen molar-refractivity contribution in [1.82, 2.24) is 4.98 Å². The summed E-state index contributed by atoms with van der Waals surface area (Å²) in [5.41, 5.74) is 9.83. The highest BCUT2D eigenvalue weighted by Crippen LogP contribution is 2.33. The first-order chi connectivity index (χ1) is 9.60. The number of amides is 1. The van der Waals surface area contributed by atoms with Crippen LogP contribution in [-0.2, 0) is 6.54 Å². The van der Waals surface area contributed by atoms with Gasteiger partial charge >= 0.3 is 6.09 Å². The van der Waals surface area contributed by atoms with Crippen molar-refractivity contribution in [2.75, 3.05) is 5.32 Å². The van der Waals surface area contributed by atoms with Gasteiger partial charge in [-0.3, -0.25) is 5.32 Å². The van der Waals surface area contributed by atoms with Crippen LogP contribution in [0.2, 0.25) is 0 Å². The second-order valence-electron chi connectivity index (χ2n) is 3.62. The van der Waals surface area contributed by atoms with Gasteiger partial charge in [0.1, 0.15) is 0 Å². The fraction of sp³-hybridized carbons (Fsp3) is 0.0909. The molecule has 7 nitrogen and oxygen atoms in total. The van der Waals surface area contributed by atoms with E-state index >= 15 is 0 Å². The molecule has 0 atom stereocenters. The third-order valence-corrected chi connectivity index (χ3v) is 3.74. The SMILES string of the molecule is [N-]=[N+]=NCc1sc(NC(=O)O)nc1-c1cccc(Br)c1. The Kier molecular flexibility index (Phi) is 4.57. The van der Waals surface area contributed by atoms with Gasteiger partial charge in [-0.1, -0.05) is 33.2 Å². The molecule has 2 aromatic rings. The number of hydrogen-bond acceptors (Lipinski definition) is 4. The summed E-state index contributed by atoms with van der Waals surface area (Å²) in [6.45, 7) is 0.122. The van der Waals surface area contributed by atoms with Crippen LogP contribution in [0.1, 0.15) is 4.88 Å². The van der Waals surface area contributed by atoms with Gasteiger partial charge in [-0.25, -0.2) is 9.78 Å². The fourth-order valence-corrected chi connectivity index (χ4v) is 2.85. The van der Waals surface area contributed by atoms with Crippen molar-refractivity contribution in [3.8, 4) is 11.3 Å². The molecular weight excluding hydrogens is 346 g/mol. The van der Waals surface area contributed by atoms with Crippen molar-refractivity contribution in [2.24, 2.45) is 5.11 Å². The largest absolute Gasteiger partial charge is 0.465 e. The second-order valence-corrected chi connectivity index (χ2v) is 5.62. The van der Waals surface area contributed by atoms with Crippen LogP contribution in [0.3, 0.4) is 0 Å². The van der Waals surface area contributed by atoms with Crippen LogP contribution < -0.4 is 5.32 Å². The molecule has 0 unspecified atom stereocenters. The molecule has 2 rings (SSSR count). The molecule has 0 aliphatic rings. The molecule has 2 N–H and O–H groups in total. The molecule has 0 radical (unpaired) electrons. The van der Waals surface area contributed by atoms with E-state index in [0.717, 1.165) is 21.4 Å². The lowest BCUT2D eigenvalue weighted by molar-refractivity contribution is 0.209. The van der Waals surface area contributed by atoms with Crippen LogP contribution in [0.15, 0.2) is 33.9 Å². The summed E-state index contributed by atoms with van der Waals surface area (Å²) >= 11 is 4.51. The molecule has 0 aliphatic carbocycles. The minimum atomic E-state index is -1.19. The number of halogens is 1. The van der Waals surface area contributed by atoms with E-state index in [4.69, 9.17) is 10.6 Å². The van der Waals surface area contributed by atoms with Gasteiger partial charge in [0.05, 0.1) is 12.2 Å². The van der Waals surface area contributed by atoms with E-state index in [1.54, 1.807) is 0 Å². The standard InChI is InChI=1S/C11H8BrN5O2S/c12-7-3-1-2-6(4-7)9-8(5-14-17-13)20-10(15-9)16-11(18)19/h1-4H,5H2,(H,15,16)(H,18,19). The number of carbonyl (C=O) groups is 1. The smallest absolute Gasteiger partial charge is 0.410 e. The molecule has 1 aromatic heterocycles. The second kappa shape index (κ2) is 6.38. The van der Waals surface area contributed by atoms with Gasteiger partial charge in [0.2, 0.25) is 0 Å². The number of anilines is 1. The van der Waals surface area contributed by atoms with Crippen molar-refractivity contribution < 1.29 is 9.90 Å². The van der Waals surface area contributed by atoms with E-state index in [2.05, 4.69) is 36.3 Å². The third kappa shape index (κ3) is 3.47. The van der Waals surface area contributed by atoms with E-state index < -0.39 is 6.09 Å². The summed E-state index contributed by atoms with van der Waals surface area (Å²) in [5, 5.41) is 14.7. The Labute approximate surface area is 126 Å². The molecule has 0 bridgehead atoms. The van der Waals surface area contributed by atoms with E-state index in [0.29, 0.717) is 10.6 Å². The monoisotopic (exact) mass is 353 g/mol. The zero-order valence-electron chi connectivity index (χ0n) is 9.95. The Balaban J connectivity index is 2.45. The highest BCUT2D eigenvalue weighted by atomic mass is 79.9. The molecule has 0 aliphatic heterocycles. The number of carboxylic acid groups (broad SMARTS) is 1. The van der Waals surface area contributed by atoms with Gasteiger partial charge in [-0.2, -0.15) is 0 Å². The van der Waals surface area contributed by atoms with E-state index in [-0.39, 0.29) is 11.7 Å². The van der Waals surface area contributed by atoms with Crippen LogP contribution >= 0.6 is 27.3 Å². The Morgan fingerprint density at radius 3 is 3.05 bits per heavy atom. The molecule has 0 fully saturated rings. The number of thiazole rings is 1. The van der Waals surface area contributed by atoms with Gasteiger partial charge < -0.3 is 5.11 Å².